The molecule has 2 aliphatic rings. The van der Waals surface area contributed by atoms with Crippen molar-refractivity contribution in [1.29, 1.82) is 0 Å². The van der Waals surface area contributed by atoms with Crippen LogP contribution < -0.4 is 5.32 Å². The number of anilines is 1. The summed E-state index contributed by atoms with van der Waals surface area (Å²) in [4.78, 5) is 49.2. The molecule has 40 heavy (non-hydrogen) atoms. The van der Waals surface area contributed by atoms with E-state index in [1.165, 1.54) is 53.1 Å². The third kappa shape index (κ3) is 6.29. The Hall–Kier alpha value is -3.48. The van der Waals surface area contributed by atoms with Crippen molar-refractivity contribution in [3.05, 3.63) is 71.5 Å². The molecule has 1 atom stereocenters. The molecular weight excluding hydrogens is 550 g/mol. The summed E-state index contributed by atoms with van der Waals surface area (Å²) in [6.45, 7) is -0.252. The Bertz CT molecular complexity index is 1460. The Labute approximate surface area is 237 Å². The number of carbonyl (C=O) groups excluding carboxylic acids is 3. The SMILES string of the molecule is O=C(c1cccc(S(=O)(=O)N2CCN([C@@H](CC3CCCCC3)C(=O)Nc3nccs3)C(=O)C2)c1)c1ccccn1. The molecule has 2 amide bonds. The summed E-state index contributed by atoms with van der Waals surface area (Å²) in [6.07, 6.45) is 9.04. The van der Waals surface area contributed by atoms with E-state index < -0.39 is 27.8 Å². The number of rotatable bonds is 9. The van der Waals surface area contributed by atoms with Gasteiger partial charge in [0.1, 0.15) is 11.7 Å². The van der Waals surface area contributed by atoms with E-state index in [0.717, 1.165) is 30.0 Å². The normalized spacial score (nSPS) is 17.9. The molecule has 1 N–H and O–H groups in total. The van der Waals surface area contributed by atoms with E-state index in [-0.39, 0.29) is 41.7 Å². The second-order valence-electron chi connectivity index (χ2n) is 10.1. The van der Waals surface area contributed by atoms with E-state index in [1.54, 1.807) is 29.8 Å². The van der Waals surface area contributed by atoms with Gasteiger partial charge < -0.3 is 10.2 Å². The van der Waals surface area contributed by atoms with E-state index in [0.29, 0.717) is 17.5 Å². The number of carbonyl (C=O) groups is 3. The van der Waals surface area contributed by atoms with Crippen molar-refractivity contribution in [3.8, 4) is 0 Å². The van der Waals surface area contributed by atoms with Crippen molar-refractivity contribution in [3.63, 3.8) is 0 Å². The average molecular weight is 582 g/mol. The highest BCUT2D eigenvalue weighted by Gasteiger charge is 2.39. The predicted molar refractivity (Wildman–Crippen MR) is 150 cm³/mol. The zero-order chi connectivity index (χ0) is 28.1. The van der Waals surface area contributed by atoms with Crippen LogP contribution in [0.25, 0.3) is 0 Å². The summed E-state index contributed by atoms with van der Waals surface area (Å²) < 4.78 is 28.2. The second-order valence-corrected chi connectivity index (χ2v) is 12.9. The maximum absolute atomic E-state index is 13.5. The minimum atomic E-state index is -4.07. The standard InChI is InChI=1S/C28H31N5O5S2/c34-25-19-32(40(37,38)22-10-6-9-21(18-22)26(35)23-11-4-5-12-29-23)14-15-33(25)24(17-20-7-2-1-3-8-20)27(36)31-28-30-13-16-39-28/h4-6,9-13,16,18,20,24H,1-3,7-8,14-15,17,19H2,(H,30,31,36)/t24-/m0/s1. The van der Waals surface area contributed by atoms with Crippen LogP contribution in [0.2, 0.25) is 0 Å². The lowest BCUT2D eigenvalue weighted by Gasteiger charge is -2.39. The van der Waals surface area contributed by atoms with Crippen LogP contribution in [0.15, 0.2) is 65.1 Å². The van der Waals surface area contributed by atoms with Crippen molar-refractivity contribution in [2.75, 3.05) is 25.0 Å². The molecule has 0 spiro atoms. The number of ketones is 1. The van der Waals surface area contributed by atoms with Gasteiger partial charge in [-0.2, -0.15) is 4.31 Å². The molecule has 1 saturated carbocycles. The molecule has 12 heteroatoms. The molecule has 210 valence electrons. The summed E-state index contributed by atoms with van der Waals surface area (Å²) in [5, 5.41) is 5.06. The Balaban J connectivity index is 1.32. The number of sulfonamides is 1. The summed E-state index contributed by atoms with van der Waals surface area (Å²) in [7, 11) is -4.07. The van der Waals surface area contributed by atoms with Gasteiger partial charge in [-0.25, -0.2) is 13.4 Å². The van der Waals surface area contributed by atoms with Crippen LogP contribution in [-0.4, -0.2) is 70.9 Å². The molecule has 3 heterocycles. The molecule has 10 nitrogen and oxygen atoms in total. The minimum absolute atomic E-state index is 0.0399. The first-order valence-electron chi connectivity index (χ1n) is 13.4. The Kier molecular flexibility index (Phi) is 8.67. The maximum Gasteiger partial charge on any atom is 0.248 e. The predicted octanol–water partition coefficient (Wildman–Crippen LogP) is 3.58. The van der Waals surface area contributed by atoms with Gasteiger partial charge in [0.2, 0.25) is 27.6 Å². The summed E-state index contributed by atoms with van der Waals surface area (Å²) in [5.41, 5.74) is 0.400. The number of pyridine rings is 1. The summed E-state index contributed by atoms with van der Waals surface area (Å²) >= 11 is 1.30. The Morgan fingerprint density at radius 2 is 1.85 bits per heavy atom. The quantitative estimate of drug-likeness (QED) is 0.382. The van der Waals surface area contributed by atoms with E-state index in [1.807, 2.05) is 0 Å². The van der Waals surface area contributed by atoms with E-state index in [2.05, 4.69) is 15.3 Å². The van der Waals surface area contributed by atoms with Gasteiger partial charge in [0, 0.05) is 36.4 Å². The van der Waals surface area contributed by atoms with E-state index in [9.17, 15) is 22.8 Å². The first kappa shape index (κ1) is 28.1. The molecule has 1 aromatic carbocycles. The zero-order valence-electron chi connectivity index (χ0n) is 21.9. The van der Waals surface area contributed by atoms with Crippen molar-refractivity contribution in [1.82, 2.24) is 19.2 Å². The van der Waals surface area contributed by atoms with Gasteiger partial charge in [-0.05, 0) is 36.6 Å². The van der Waals surface area contributed by atoms with Crippen LogP contribution in [0, 0.1) is 5.92 Å². The van der Waals surface area contributed by atoms with Gasteiger partial charge in [0.25, 0.3) is 0 Å². The third-order valence-corrected chi connectivity index (χ3v) is 10.0. The van der Waals surface area contributed by atoms with Crippen molar-refractivity contribution >= 4 is 44.1 Å². The number of piperazine rings is 1. The Morgan fingerprint density at radius 1 is 1.02 bits per heavy atom. The fourth-order valence-corrected chi connectivity index (χ4v) is 7.34. The highest BCUT2D eigenvalue weighted by Crippen LogP contribution is 2.30. The monoisotopic (exact) mass is 581 g/mol. The number of aromatic nitrogens is 2. The number of amides is 2. The first-order valence-corrected chi connectivity index (χ1v) is 15.7. The largest absolute Gasteiger partial charge is 0.328 e. The van der Waals surface area contributed by atoms with Gasteiger partial charge in [-0.1, -0.05) is 50.3 Å². The molecule has 2 fully saturated rings. The van der Waals surface area contributed by atoms with Crippen LogP contribution in [0.5, 0.6) is 0 Å². The lowest BCUT2D eigenvalue weighted by Crippen LogP contribution is -2.58. The van der Waals surface area contributed by atoms with Crippen LogP contribution in [0.1, 0.15) is 54.6 Å². The van der Waals surface area contributed by atoms with Gasteiger partial charge in [0.05, 0.1) is 11.4 Å². The molecule has 0 bridgehead atoms. The van der Waals surface area contributed by atoms with Crippen molar-refractivity contribution in [2.45, 2.75) is 49.5 Å². The number of thiazole rings is 1. The van der Waals surface area contributed by atoms with Crippen LogP contribution in [0.4, 0.5) is 5.13 Å². The van der Waals surface area contributed by atoms with Gasteiger partial charge in [-0.3, -0.25) is 19.4 Å². The van der Waals surface area contributed by atoms with Gasteiger partial charge >= 0.3 is 0 Å². The number of nitrogens with zero attached hydrogens (tertiary/aromatic N) is 4. The van der Waals surface area contributed by atoms with Crippen molar-refractivity contribution < 1.29 is 22.8 Å². The zero-order valence-corrected chi connectivity index (χ0v) is 23.6. The van der Waals surface area contributed by atoms with Crippen molar-refractivity contribution in [2.24, 2.45) is 5.92 Å². The molecule has 0 unspecified atom stereocenters. The molecule has 1 aliphatic carbocycles. The van der Waals surface area contributed by atoms with Crippen LogP contribution in [0.3, 0.4) is 0 Å². The number of benzene rings is 1. The number of nitrogens with one attached hydrogen (secondary N) is 1. The minimum Gasteiger partial charge on any atom is -0.328 e. The topological polar surface area (TPSA) is 130 Å². The second kappa shape index (κ2) is 12.4. The third-order valence-electron chi connectivity index (χ3n) is 7.48. The first-order chi connectivity index (χ1) is 19.3. The fraction of sp³-hybridized carbons (Fsp3) is 0.393. The highest BCUT2D eigenvalue weighted by molar-refractivity contribution is 7.89. The summed E-state index contributed by atoms with van der Waals surface area (Å²) in [5.74, 6) is -0.790. The average Bonchev–Trinajstić information content (AvgIpc) is 3.50. The maximum atomic E-state index is 13.5. The molecule has 1 saturated heterocycles. The molecule has 0 radical (unpaired) electrons. The number of hydrogen-bond donors (Lipinski definition) is 1. The molecule has 2 aromatic heterocycles. The smallest absolute Gasteiger partial charge is 0.248 e. The highest BCUT2D eigenvalue weighted by atomic mass is 32.2. The van der Waals surface area contributed by atoms with Crippen LogP contribution >= 0.6 is 11.3 Å². The lowest BCUT2D eigenvalue weighted by molar-refractivity contribution is -0.142. The van der Waals surface area contributed by atoms with E-state index in [4.69, 9.17) is 0 Å². The summed E-state index contributed by atoms with van der Waals surface area (Å²) in [6, 6.07) is 10.0. The molecule has 3 aromatic rings. The van der Waals surface area contributed by atoms with Gasteiger partial charge in [0.15, 0.2) is 5.13 Å². The molecular formula is C28H31N5O5S2. The lowest BCUT2D eigenvalue weighted by atomic mass is 9.84. The van der Waals surface area contributed by atoms with E-state index >= 15 is 0 Å². The van der Waals surface area contributed by atoms with Crippen LogP contribution in [-0.2, 0) is 19.6 Å². The Morgan fingerprint density at radius 3 is 2.55 bits per heavy atom. The molecule has 5 rings (SSSR count). The van der Waals surface area contributed by atoms with Gasteiger partial charge in [-0.15, -0.1) is 11.3 Å². The number of hydrogen-bond acceptors (Lipinski definition) is 8. The molecule has 1 aliphatic heterocycles. The fourth-order valence-electron chi connectivity index (χ4n) is 5.38.